The van der Waals surface area contributed by atoms with Crippen molar-refractivity contribution in [3.05, 3.63) is 35.6 Å². The van der Waals surface area contributed by atoms with Crippen LogP contribution >= 0.6 is 0 Å². The van der Waals surface area contributed by atoms with E-state index < -0.39 is 11.8 Å². The van der Waals surface area contributed by atoms with E-state index in [1.54, 1.807) is 18.2 Å². The van der Waals surface area contributed by atoms with Gasteiger partial charge in [-0.15, -0.1) is 0 Å². The van der Waals surface area contributed by atoms with Crippen molar-refractivity contribution < 1.29 is 23.5 Å². The van der Waals surface area contributed by atoms with Gasteiger partial charge in [0.2, 0.25) is 0 Å². The average molecular weight is 338 g/mol. The monoisotopic (exact) mass is 338 g/mol. The SMILES string of the molecule is CCCCCCCOC(=O)CCCC(=O)OCc1ccccc1F. The molecule has 0 N–H and O–H groups in total. The molecule has 0 atom stereocenters. The largest absolute Gasteiger partial charge is 0.466 e. The molecule has 0 spiro atoms. The van der Waals surface area contributed by atoms with E-state index in [2.05, 4.69) is 6.92 Å². The quantitative estimate of drug-likeness (QED) is 0.414. The van der Waals surface area contributed by atoms with Crippen LogP contribution < -0.4 is 0 Å². The highest BCUT2D eigenvalue weighted by atomic mass is 19.1. The van der Waals surface area contributed by atoms with E-state index >= 15 is 0 Å². The molecule has 0 heterocycles. The molecule has 134 valence electrons. The minimum Gasteiger partial charge on any atom is -0.466 e. The molecule has 1 aromatic carbocycles. The summed E-state index contributed by atoms with van der Waals surface area (Å²) in [6, 6.07) is 6.16. The maximum Gasteiger partial charge on any atom is 0.306 e. The van der Waals surface area contributed by atoms with E-state index in [0.717, 1.165) is 12.8 Å². The third-order valence-electron chi connectivity index (χ3n) is 3.62. The lowest BCUT2D eigenvalue weighted by Crippen LogP contribution is -2.09. The van der Waals surface area contributed by atoms with Crippen molar-refractivity contribution in [2.75, 3.05) is 6.61 Å². The molecule has 0 amide bonds. The Morgan fingerprint density at radius 3 is 2.29 bits per heavy atom. The van der Waals surface area contributed by atoms with Crippen molar-refractivity contribution in [1.82, 2.24) is 0 Å². The molecule has 24 heavy (non-hydrogen) atoms. The normalized spacial score (nSPS) is 10.4. The standard InChI is InChI=1S/C19H27FO4/c1-2-3-4-5-8-14-23-18(21)12-9-13-19(22)24-15-16-10-6-7-11-17(16)20/h6-7,10-11H,2-5,8-9,12-15H2,1H3. The Morgan fingerprint density at radius 2 is 1.58 bits per heavy atom. The van der Waals surface area contributed by atoms with E-state index in [1.165, 1.54) is 25.3 Å². The molecule has 0 unspecified atom stereocenters. The van der Waals surface area contributed by atoms with Crippen LogP contribution in [0.1, 0.15) is 63.9 Å². The van der Waals surface area contributed by atoms with Crippen molar-refractivity contribution >= 4 is 11.9 Å². The molecule has 5 heteroatoms. The molecular formula is C19H27FO4. The number of hydrogen-bond donors (Lipinski definition) is 0. The molecule has 0 aromatic heterocycles. The lowest BCUT2D eigenvalue weighted by Gasteiger charge is -2.06. The molecule has 0 fully saturated rings. The topological polar surface area (TPSA) is 52.6 Å². The predicted octanol–water partition coefficient (Wildman–Crippen LogP) is 4.55. The Hall–Kier alpha value is -1.91. The van der Waals surface area contributed by atoms with Crippen LogP contribution in [0.3, 0.4) is 0 Å². The van der Waals surface area contributed by atoms with E-state index in [-0.39, 0.29) is 25.4 Å². The number of halogens is 1. The first-order valence-corrected chi connectivity index (χ1v) is 8.68. The second-order valence-electron chi connectivity index (χ2n) is 5.74. The van der Waals surface area contributed by atoms with Crippen LogP contribution in [0, 0.1) is 5.82 Å². The lowest BCUT2D eigenvalue weighted by molar-refractivity contribution is -0.146. The summed E-state index contributed by atoms with van der Waals surface area (Å²) in [6.07, 6.45) is 6.23. The zero-order chi connectivity index (χ0) is 17.6. The second-order valence-corrected chi connectivity index (χ2v) is 5.74. The highest BCUT2D eigenvalue weighted by Gasteiger charge is 2.09. The molecule has 0 radical (unpaired) electrons. The third kappa shape index (κ3) is 9.28. The summed E-state index contributed by atoms with van der Waals surface area (Å²) in [5, 5.41) is 0. The van der Waals surface area contributed by atoms with E-state index in [9.17, 15) is 14.0 Å². The maximum atomic E-state index is 13.4. The Bertz CT molecular complexity index is 502. The third-order valence-corrected chi connectivity index (χ3v) is 3.62. The number of benzene rings is 1. The fraction of sp³-hybridized carbons (Fsp3) is 0.579. The summed E-state index contributed by atoms with van der Waals surface area (Å²) < 4.78 is 23.5. The Balaban J connectivity index is 2.04. The van der Waals surface area contributed by atoms with E-state index in [4.69, 9.17) is 9.47 Å². The fourth-order valence-corrected chi connectivity index (χ4v) is 2.19. The molecule has 0 saturated carbocycles. The summed E-state index contributed by atoms with van der Waals surface area (Å²) >= 11 is 0. The number of esters is 2. The van der Waals surface area contributed by atoms with E-state index in [1.807, 2.05) is 0 Å². The van der Waals surface area contributed by atoms with Crippen LogP contribution in [0.5, 0.6) is 0 Å². The second kappa shape index (κ2) is 12.5. The molecule has 0 bridgehead atoms. The highest BCUT2D eigenvalue weighted by Crippen LogP contribution is 2.09. The van der Waals surface area contributed by atoms with Gasteiger partial charge in [-0.1, -0.05) is 50.8 Å². The summed E-state index contributed by atoms with van der Waals surface area (Å²) in [5.74, 6) is -1.12. The van der Waals surface area contributed by atoms with Gasteiger partial charge in [-0.3, -0.25) is 9.59 Å². The first-order valence-electron chi connectivity index (χ1n) is 8.68. The summed E-state index contributed by atoms with van der Waals surface area (Å²) in [4.78, 5) is 23.1. The zero-order valence-corrected chi connectivity index (χ0v) is 14.4. The average Bonchev–Trinajstić information content (AvgIpc) is 2.57. The summed E-state index contributed by atoms with van der Waals surface area (Å²) in [5.41, 5.74) is 0.341. The van der Waals surface area contributed by atoms with Gasteiger partial charge in [-0.25, -0.2) is 4.39 Å². The van der Waals surface area contributed by atoms with Crippen molar-refractivity contribution in [1.29, 1.82) is 0 Å². The number of carbonyl (C=O) groups is 2. The lowest BCUT2D eigenvalue weighted by atomic mass is 10.2. The Morgan fingerprint density at radius 1 is 0.917 bits per heavy atom. The molecule has 4 nitrogen and oxygen atoms in total. The van der Waals surface area contributed by atoms with Gasteiger partial charge in [0.15, 0.2) is 0 Å². The van der Waals surface area contributed by atoms with Crippen LogP contribution in [-0.4, -0.2) is 18.5 Å². The van der Waals surface area contributed by atoms with Crippen LogP contribution in [0.4, 0.5) is 4.39 Å². The zero-order valence-electron chi connectivity index (χ0n) is 14.4. The fourth-order valence-electron chi connectivity index (χ4n) is 2.19. The highest BCUT2D eigenvalue weighted by molar-refractivity contribution is 5.72. The van der Waals surface area contributed by atoms with Gasteiger partial charge in [0.05, 0.1) is 6.61 Å². The van der Waals surface area contributed by atoms with Crippen LogP contribution in [0.2, 0.25) is 0 Å². The minimum atomic E-state index is -0.439. The van der Waals surface area contributed by atoms with Gasteiger partial charge in [0.25, 0.3) is 0 Å². The molecule has 0 aliphatic carbocycles. The van der Waals surface area contributed by atoms with Crippen molar-refractivity contribution in [3.63, 3.8) is 0 Å². The van der Waals surface area contributed by atoms with E-state index in [0.29, 0.717) is 18.6 Å². The minimum absolute atomic E-state index is 0.0896. The molecule has 0 aliphatic rings. The van der Waals surface area contributed by atoms with Crippen molar-refractivity contribution in [3.8, 4) is 0 Å². The van der Waals surface area contributed by atoms with Crippen LogP contribution in [-0.2, 0) is 25.7 Å². The van der Waals surface area contributed by atoms with Crippen molar-refractivity contribution in [2.24, 2.45) is 0 Å². The predicted molar refractivity (Wildman–Crippen MR) is 89.8 cm³/mol. The van der Waals surface area contributed by atoms with Gasteiger partial charge in [0, 0.05) is 18.4 Å². The molecular weight excluding hydrogens is 311 g/mol. The molecule has 0 saturated heterocycles. The number of hydrogen-bond acceptors (Lipinski definition) is 4. The van der Waals surface area contributed by atoms with Crippen LogP contribution in [0.15, 0.2) is 24.3 Å². The molecule has 0 aliphatic heterocycles. The molecule has 1 aromatic rings. The number of ether oxygens (including phenoxy) is 2. The van der Waals surface area contributed by atoms with Gasteiger partial charge < -0.3 is 9.47 Å². The first-order chi connectivity index (χ1) is 11.6. The van der Waals surface area contributed by atoms with Crippen molar-refractivity contribution in [2.45, 2.75) is 64.9 Å². The number of rotatable bonds is 12. The first kappa shape index (κ1) is 20.1. The van der Waals surface area contributed by atoms with Gasteiger partial charge in [-0.05, 0) is 18.9 Å². The summed E-state index contributed by atoms with van der Waals surface area (Å²) in [6.45, 7) is 2.51. The Labute approximate surface area is 143 Å². The number of unbranched alkanes of at least 4 members (excludes halogenated alkanes) is 4. The molecule has 1 rings (SSSR count). The smallest absolute Gasteiger partial charge is 0.306 e. The Kier molecular flexibility index (Phi) is 10.5. The van der Waals surface area contributed by atoms with Gasteiger partial charge in [-0.2, -0.15) is 0 Å². The van der Waals surface area contributed by atoms with Crippen LogP contribution in [0.25, 0.3) is 0 Å². The van der Waals surface area contributed by atoms with Gasteiger partial charge >= 0.3 is 11.9 Å². The van der Waals surface area contributed by atoms with Gasteiger partial charge in [0.1, 0.15) is 12.4 Å². The summed E-state index contributed by atoms with van der Waals surface area (Å²) in [7, 11) is 0. The number of carbonyl (C=O) groups excluding carboxylic acids is 2. The maximum absolute atomic E-state index is 13.4.